The molecular weight excluding hydrogens is 236 g/mol. The summed E-state index contributed by atoms with van der Waals surface area (Å²) in [5.74, 6) is 0.759. The van der Waals surface area contributed by atoms with Crippen molar-refractivity contribution in [3.05, 3.63) is 28.8 Å². The lowest BCUT2D eigenvalue weighted by Crippen LogP contribution is -2.22. The summed E-state index contributed by atoms with van der Waals surface area (Å²) in [7, 11) is 1.62. The molecule has 0 spiro atoms. The van der Waals surface area contributed by atoms with Gasteiger partial charge in [0.05, 0.1) is 18.6 Å². The maximum Gasteiger partial charge on any atom is 0.120 e. The summed E-state index contributed by atoms with van der Waals surface area (Å²) in [6.45, 7) is 1.43. The summed E-state index contributed by atoms with van der Waals surface area (Å²) in [6, 6.07) is 7.99. The Morgan fingerprint density at radius 3 is 2.82 bits per heavy atom. The molecule has 0 unspecified atom stereocenters. The molecule has 0 atom stereocenters. The average molecular weight is 251 g/mol. The quantitative estimate of drug-likeness (QED) is 0.874. The minimum atomic E-state index is -0.112. The Balaban J connectivity index is 1.89. The molecule has 2 rings (SSSR count). The fourth-order valence-corrected chi connectivity index (χ4v) is 1.95. The minimum absolute atomic E-state index is 0.112. The zero-order valence-corrected chi connectivity index (χ0v) is 10.5. The second-order valence-corrected chi connectivity index (χ2v) is 4.86. The first kappa shape index (κ1) is 12.2. The summed E-state index contributed by atoms with van der Waals surface area (Å²) in [4.78, 5) is 0. The van der Waals surface area contributed by atoms with Crippen LogP contribution < -0.4 is 10.1 Å². The van der Waals surface area contributed by atoms with E-state index in [1.54, 1.807) is 13.2 Å². The molecule has 90 valence electrons. The number of hydrogen-bond donors (Lipinski definition) is 1. The number of halogens is 1. The Hall–Kier alpha value is -1.24. The van der Waals surface area contributed by atoms with Gasteiger partial charge in [0.15, 0.2) is 0 Å². The summed E-state index contributed by atoms with van der Waals surface area (Å²) in [5.41, 5.74) is 0.917. The average Bonchev–Trinajstić information content (AvgIpc) is 3.12. The SMILES string of the molecule is COc1ccc(CNCC2(C#N)CC2)c(Cl)c1. The summed E-state index contributed by atoms with van der Waals surface area (Å²) in [6.07, 6.45) is 2.01. The normalized spacial score (nSPS) is 16.3. The summed E-state index contributed by atoms with van der Waals surface area (Å²) >= 11 is 6.12. The van der Waals surface area contributed by atoms with Crippen molar-refractivity contribution in [2.45, 2.75) is 19.4 Å². The summed E-state index contributed by atoms with van der Waals surface area (Å²) in [5, 5.41) is 12.9. The van der Waals surface area contributed by atoms with Crippen molar-refractivity contribution in [3.8, 4) is 11.8 Å². The van der Waals surface area contributed by atoms with Gasteiger partial charge in [0.1, 0.15) is 5.75 Å². The highest BCUT2D eigenvalue weighted by Crippen LogP contribution is 2.44. The molecule has 1 saturated carbocycles. The van der Waals surface area contributed by atoms with Crippen LogP contribution in [0.25, 0.3) is 0 Å². The van der Waals surface area contributed by atoms with Gasteiger partial charge in [-0.25, -0.2) is 0 Å². The number of nitrogens with zero attached hydrogens (tertiary/aromatic N) is 1. The van der Waals surface area contributed by atoms with Crippen LogP contribution in [0, 0.1) is 16.7 Å². The van der Waals surface area contributed by atoms with Crippen molar-refractivity contribution >= 4 is 11.6 Å². The molecule has 1 N–H and O–H groups in total. The second-order valence-electron chi connectivity index (χ2n) is 4.45. The van der Waals surface area contributed by atoms with Gasteiger partial charge in [-0.2, -0.15) is 5.26 Å². The topological polar surface area (TPSA) is 45.0 Å². The van der Waals surface area contributed by atoms with Gasteiger partial charge >= 0.3 is 0 Å². The second kappa shape index (κ2) is 4.95. The highest BCUT2D eigenvalue weighted by molar-refractivity contribution is 6.31. The van der Waals surface area contributed by atoms with E-state index < -0.39 is 0 Å². The molecule has 1 aromatic carbocycles. The smallest absolute Gasteiger partial charge is 0.120 e. The van der Waals surface area contributed by atoms with Gasteiger partial charge in [-0.1, -0.05) is 17.7 Å². The zero-order valence-electron chi connectivity index (χ0n) is 9.79. The van der Waals surface area contributed by atoms with Crippen molar-refractivity contribution in [3.63, 3.8) is 0 Å². The van der Waals surface area contributed by atoms with Gasteiger partial charge in [-0.05, 0) is 30.5 Å². The third-order valence-corrected chi connectivity index (χ3v) is 3.48. The van der Waals surface area contributed by atoms with Gasteiger partial charge in [0.25, 0.3) is 0 Å². The molecule has 0 radical (unpaired) electrons. The first-order valence-electron chi connectivity index (χ1n) is 5.63. The Morgan fingerprint density at radius 1 is 1.53 bits per heavy atom. The van der Waals surface area contributed by atoms with Crippen LogP contribution in [0.1, 0.15) is 18.4 Å². The predicted molar refractivity (Wildman–Crippen MR) is 67.0 cm³/mol. The molecule has 0 bridgehead atoms. The molecule has 0 heterocycles. The lowest BCUT2D eigenvalue weighted by atomic mass is 10.1. The molecule has 17 heavy (non-hydrogen) atoms. The van der Waals surface area contributed by atoms with E-state index >= 15 is 0 Å². The Bertz CT molecular complexity index is 449. The van der Waals surface area contributed by atoms with Crippen LogP contribution >= 0.6 is 11.6 Å². The van der Waals surface area contributed by atoms with Gasteiger partial charge < -0.3 is 10.1 Å². The van der Waals surface area contributed by atoms with E-state index in [9.17, 15) is 0 Å². The highest BCUT2D eigenvalue weighted by Gasteiger charge is 2.42. The van der Waals surface area contributed by atoms with Crippen LogP contribution in [0.3, 0.4) is 0 Å². The molecule has 1 aliphatic carbocycles. The van der Waals surface area contributed by atoms with Crippen LogP contribution in [0.15, 0.2) is 18.2 Å². The van der Waals surface area contributed by atoms with E-state index in [0.29, 0.717) is 11.6 Å². The number of benzene rings is 1. The van der Waals surface area contributed by atoms with Gasteiger partial charge in [-0.3, -0.25) is 0 Å². The number of methoxy groups -OCH3 is 1. The van der Waals surface area contributed by atoms with Crippen LogP contribution in [0.5, 0.6) is 5.75 Å². The molecular formula is C13H15ClN2O. The van der Waals surface area contributed by atoms with Crippen LogP contribution in [-0.4, -0.2) is 13.7 Å². The van der Waals surface area contributed by atoms with E-state index in [-0.39, 0.29) is 5.41 Å². The fraction of sp³-hybridized carbons (Fsp3) is 0.462. The first-order valence-corrected chi connectivity index (χ1v) is 6.01. The van der Waals surface area contributed by atoms with Crippen LogP contribution in [0.2, 0.25) is 5.02 Å². The molecule has 1 aliphatic rings. The summed E-state index contributed by atoms with van der Waals surface area (Å²) < 4.78 is 5.09. The molecule has 4 heteroatoms. The van der Waals surface area contributed by atoms with E-state index in [4.69, 9.17) is 21.6 Å². The van der Waals surface area contributed by atoms with Gasteiger partial charge in [-0.15, -0.1) is 0 Å². The van der Waals surface area contributed by atoms with Crippen LogP contribution in [0.4, 0.5) is 0 Å². The minimum Gasteiger partial charge on any atom is -0.497 e. The van der Waals surface area contributed by atoms with Crippen molar-refractivity contribution in [2.75, 3.05) is 13.7 Å². The first-order chi connectivity index (χ1) is 8.19. The van der Waals surface area contributed by atoms with E-state index in [0.717, 1.165) is 30.7 Å². The predicted octanol–water partition coefficient (Wildman–Crippen LogP) is 2.74. The maximum absolute atomic E-state index is 8.94. The van der Waals surface area contributed by atoms with Crippen molar-refractivity contribution in [2.24, 2.45) is 5.41 Å². The third-order valence-electron chi connectivity index (χ3n) is 3.13. The van der Waals surface area contributed by atoms with Crippen molar-refractivity contribution in [1.82, 2.24) is 5.32 Å². The highest BCUT2D eigenvalue weighted by atomic mass is 35.5. The van der Waals surface area contributed by atoms with Crippen molar-refractivity contribution in [1.29, 1.82) is 5.26 Å². The van der Waals surface area contributed by atoms with E-state index in [2.05, 4.69) is 11.4 Å². The van der Waals surface area contributed by atoms with E-state index in [1.165, 1.54) is 0 Å². The van der Waals surface area contributed by atoms with Gasteiger partial charge in [0.2, 0.25) is 0 Å². The monoisotopic (exact) mass is 250 g/mol. The number of hydrogen-bond acceptors (Lipinski definition) is 3. The molecule has 1 fully saturated rings. The Kier molecular flexibility index (Phi) is 3.56. The van der Waals surface area contributed by atoms with Crippen LogP contribution in [-0.2, 0) is 6.54 Å². The standard InChI is InChI=1S/C13H15ClN2O/c1-17-11-3-2-10(12(14)6-11)7-16-9-13(8-15)4-5-13/h2-3,6,16H,4-5,7,9H2,1H3. The number of ether oxygens (including phenoxy) is 1. The molecule has 3 nitrogen and oxygen atoms in total. The number of nitrogens with one attached hydrogen (secondary N) is 1. The Morgan fingerprint density at radius 2 is 2.29 bits per heavy atom. The Labute approximate surface area is 106 Å². The largest absolute Gasteiger partial charge is 0.497 e. The molecule has 1 aromatic rings. The zero-order chi connectivity index (χ0) is 12.3. The lowest BCUT2D eigenvalue weighted by Gasteiger charge is -2.10. The fourth-order valence-electron chi connectivity index (χ4n) is 1.71. The molecule has 0 aliphatic heterocycles. The number of rotatable bonds is 5. The van der Waals surface area contributed by atoms with Gasteiger partial charge in [0, 0.05) is 18.1 Å². The molecule has 0 aromatic heterocycles. The number of nitriles is 1. The third kappa shape index (κ3) is 2.91. The lowest BCUT2D eigenvalue weighted by molar-refractivity contribution is 0.414. The molecule has 0 saturated heterocycles. The van der Waals surface area contributed by atoms with E-state index in [1.807, 2.05) is 12.1 Å². The van der Waals surface area contributed by atoms with Crippen molar-refractivity contribution < 1.29 is 4.74 Å². The maximum atomic E-state index is 8.94. The molecule has 0 amide bonds.